The van der Waals surface area contributed by atoms with Crippen molar-refractivity contribution in [3.8, 4) is 0 Å². The molecule has 0 aliphatic carbocycles. The maximum Gasteiger partial charge on any atom is 0.0350 e. The Morgan fingerprint density at radius 1 is 0.630 bits per heavy atom. The second kappa shape index (κ2) is 7.93. The van der Waals surface area contributed by atoms with E-state index in [1.807, 2.05) is 0 Å². The summed E-state index contributed by atoms with van der Waals surface area (Å²) < 4.78 is 0. The van der Waals surface area contributed by atoms with Crippen molar-refractivity contribution in [1.82, 2.24) is 19.6 Å². The smallest absolute Gasteiger partial charge is 0.0350 e. The van der Waals surface area contributed by atoms with Gasteiger partial charge in [-0.15, -0.1) is 0 Å². The van der Waals surface area contributed by atoms with Gasteiger partial charge in [-0.3, -0.25) is 14.7 Å². The zero-order valence-electron chi connectivity index (χ0n) is 18.7. The summed E-state index contributed by atoms with van der Waals surface area (Å²) in [6.45, 7) is 22.6. The van der Waals surface area contributed by atoms with Crippen LogP contribution < -0.4 is 0 Å². The molecule has 0 atom stereocenters. The van der Waals surface area contributed by atoms with Crippen LogP contribution in [0.4, 0.5) is 0 Å². The maximum absolute atomic E-state index is 2.84. The van der Waals surface area contributed by atoms with E-state index in [-0.39, 0.29) is 0 Å². The van der Waals surface area contributed by atoms with Crippen LogP contribution in [0.3, 0.4) is 0 Å². The fourth-order valence-electron chi connectivity index (χ4n) is 5.73. The molecular weight excluding hydrogens is 332 g/mol. The van der Waals surface area contributed by atoms with Gasteiger partial charge >= 0.3 is 0 Å². The van der Waals surface area contributed by atoms with Crippen LogP contribution in [0.25, 0.3) is 0 Å². The van der Waals surface area contributed by atoms with E-state index in [0.717, 1.165) is 30.1 Å². The van der Waals surface area contributed by atoms with Crippen molar-refractivity contribution in [2.75, 3.05) is 52.4 Å². The molecule has 0 radical (unpaired) electrons. The molecule has 4 rings (SSSR count). The molecule has 4 heteroatoms. The largest absolute Gasteiger partial charge is 0.300 e. The van der Waals surface area contributed by atoms with Gasteiger partial charge in [0.15, 0.2) is 0 Å². The lowest BCUT2D eigenvalue weighted by Gasteiger charge is -2.53. The Hall–Kier alpha value is -0.160. The topological polar surface area (TPSA) is 13.0 Å². The molecule has 4 heterocycles. The van der Waals surface area contributed by atoms with Crippen LogP contribution in [0.5, 0.6) is 0 Å². The molecule has 0 aromatic heterocycles. The molecule has 4 nitrogen and oxygen atoms in total. The van der Waals surface area contributed by atoms with Gasteiger partial charge in [0.05, 0.1) is 0 Å². The van der Waals surface area contributed by atoms with E-state index in [9.17, 15) is 0 Å². The van der Waals surface area contributed by atoms with Crippen molar-refractivity contribution >= 4 is 0 Å². The molecule has 0 saturated carbocycles. The SMILES string of the molecule is CC(C)N1CC(N2CCC(N3CCC(N4CC(C(C)(C)C)C4)CC3)CC2)C1. The first-order valence-electron chi connectivity index (χ1n) is 11.8. The van der Waals surface area contributed by atoms with Gasteiger partial charge in [0.25, 0.3) is 0 Å². The van der Waals surface area contributed by atoms with Crippen LogP contribution >= 0.6 is 0 Å². The van der Waals surface area contributed by atoms with Crippen molar-refractivity contribution in [3.63, 3.8) is 0 Å². The molecule has 27 heavy (non-hydrogen) atoms. The number of rotatable bonds is 4. The minimum Gasteiger partial charge on any atom is -0.300 e. The van der Waals surface area contributed by atoms with Crippen LogP contribution in [-0.2, 0) is 0 Å². The predicted molar refractivity (Wildman–Crippen MR) is 114 cm³/mol. The lowest BCUT2D eigenvalue weighted by Crippen LogP contribution is -2.63. The average molecular weight is 377 g/mol. The summed E-state index contributed by atoms with van der Waals surface area (Å²) in [5.41, 5.74) is 0.498. The van der Waals surface area contributed by atoms with Gasteiger partial charge in [-0.2, -0.15) is 0 Å². The monoisotopic (exact) mass is 376 g/mol. The van der Waals surface area contributed by atoms with Crippen LogP contribution in [0.15, 0.2) is 0 Å². The van der Waals surface area contributed by atoms with Crippen LogP contribution in [0.2, 0.25) is 0 Å². The molecule has 0 aromatic carbocycles. The zero-order chi connectivity index (χ0) is 19.2. The van der Waals surface area contributed by atoms with Crippen molar-refractivity contribution in [1.29, 1.82) is 0 Å². The molecule has 0 amide bonds. The van der Waals surface area contributed by atoms with Crippen molar-refractivity contribution in [3.05, 3.63) is 0 Å². The number of likely N-dealkylation sites (tertiary alicyclic amines) is 4. The molecule has 0 N–H and O–H groups in total. The Morgan fingerprint density at radius 3 is 1.52 bits per heavy atom. The lowest BCUT2D eigenvalue weighted by molar-refractivity contribution is -0.0390. The van der Waals surface area contributed by atoms with E-state index in [1.165, 1.54) is 78.0 Å². The third-order valence-corrected chi connectivity index (χ3v) is 8.30. The van der Waals surface area contributed by atoms with Gasteiger partial charge in [0, 0.05) is 63.4 Å². The standard InChI is InChI=1S/C23H44N4/c1-18(2)26-16-22(17-26)25-12-6-20(7-13-25)24-10-8-21(9-11-24)27-14-19(15-27)23(3,4)5/h18-22H,6-17H2,1-5H3. The number of hydrogen-bond acceptors (Lipinski definition) is 4. The number of nitrogens with zero attached hydrogens (tertiary/aromatic N) is 4. The molecule has 4 aliphatic rings. The van der Waals surface area contributed by atoms with E-state index in [0.29, 0.717) is 5.41 Å². The number of piperidine rings is 2. The summed E-state index contributed by atoms with van der Waals surface area (Å²) in [5, 5.41) is 0. The third kappa shape index (κ3) is 4.39. The molecule has 0 spiro atoms. The Morgan fingerprint density at radius 2 is 1.07 bits per heavy atom. The van der Waals surface area contributed by atoms with E-state index in [1.54, 1.807) is 0 Å². The zero-order valence-corrected chi connectivity index (χ0v) is 18.7. The van der Waals surface area contributed by atoms with Gasteiger partial charge in [-0.1, -0.05) is 20.8 Å². The highest BCUT2D eigenvalue weighted by Gasteiger charge is 2.41. The summed E-state index contributed by atoms with van der Waals surface area (Å²) in [7, 11) is 0. The van der Waals surface area contributed by atoms with Gasteiger partial charge in [-0.05, 0) is 64.0 Å². The normalized spacial score (nSPS) is 30.0. The average Bonchev–Trinajstić information content (AvgIpc) is 2.52. The summed E-state index contributed by atoms with van der Waals surface area (Å²) in [6, 6.07) is 3.31. The van der Waals surface area contributed by atoms with E-state index in [2.05, 4.69) is 54.2 Å². The van der Waals surface area contributed by atoms with Crippen LogP contribution in [-0.4, -0.2) is 96.1 Å². The van der Waals surface area contributed by atoms with Crippen LogP contribution in [0.1, 0.15) is 60.3 Å². The summed E-state index contributed by atoms with van der Waals surface area (Å²) >= 11 is 0. The van der Waals surface area contributed by atoms with E-state index in [4.69, 9.17) is 0 Å². The van der Waals surface area contributed by atoms with Gasteiger partial charge in [0.2, 0.25) is 0 Å². The predicted octanol–water partition coefficient (Wildman–Crippen LogP) is 2.99. The second-order valence-electron chi connectivity index (χ2n) is 11.3. The molecule has 156 valence electrons. The first-order valence-corrected chi connectivity index (χ1v) is 11.8. The highest BCUT2D eigenvalue weighted by Crippen LogP contribution is 2.36. The fourth-order valence-corrected chi connectivity index (χ4v) is 5.73. The van der Waals surface area contributed by atoms with Gasteiger partial charge in [0.1, 0.15) is 0 Å². The van der Waals surface area contributed by atoms with Crippen LogP contribution in [0, 0.1) is 11.3 Å². The minimum absolute atomic E-state index is 0.498. The molecule has 4 saturated heterocycles. The number of hydrogen-bond donors (Lipinski definition) is 0. The van der Waals surface area contributed by atoms with E-state index < -0.39 is 0 Å². The second-order valence-corrected chi connectivity index (χ2v) is 11.3. The first kappa shape index (κ1) is 20.1. The Kier molecular flexibility index (Phi) is 5.91. The summed E-state index contributed by atoms with van der Waals surface area (Å²) in [5.74, 6) is 0.915. The fraction of sp³-hybridized carbons (Fsp3) is 1.00. The lowest BCUT2D eigenvalue weighted by atomic mass is 9.75. The maximum atomic E-state index is 2.84. The Bertz CT molecular complexity index is 471. The van der Waals surface area contributed by atoms with Crippen molar-refractivity contribution < 1.29 is 0 Å². The first-order chi connectivity index (χ1) is 12.8. The third-order valence-electron chi connectivity index (χ3n) is 8.30. The quantitative estimate of drug-likeness (QED) is 0.748. The van der Waals surface area contributed by atoms with E-state index >= 15 is 0 Å². The minimum atomic E-state index is 0.498. The molecular formula is C23H44N4. The summed E-state index contributed by atoms with van der Waals surface area (Å²) in [6.07, 6.45) is 5.61. The molecule has 0 unspecified atom stereocenters. The Labute approximate surface area is 168 Å². The van der Waals surface area contributed by atoms with Crippen molar-refractivity contribution in [2.45, 2.75) is 84.5 Å². The summed E-state index contributed by atoms with van der Waals surface area (Å²) in [4.78, 5) is 11.0. The highest BCUT2D eigenvalue weighted by molar-refractivity contribution is 4.96. The van der Waals surface area contributed by atoms with Crippen molar-refractivity contribution in [2.24, 2.45) is 11.3 Å². The molecule has 0 aromatic rings. The van der Waals surface area contributed by atoms with Gasteiger partial charge < -0.3 is 4.90 Å². The highest BCUT2D eigenvalue weighted by atomic mass is 15.3. The molecule has 4 fully saturated rings. The van der Waals surface area contributed by atoms with Gasteiger partial charge in [-0.25, -0.2) is 0 Å². The molecule has 4 aliphatic heterocycles. The molecule has 0 bridgehead atoms. The Balaban J connectivity index is 1.14.